The van der Waals surface area contributed by atoms with E-state index in [-0.39, 0.29) is 0 Å². The van der Waals surface area contributed by atoms with Crippen LogP contribution in [0.4, 0.5) is 4.39 Å². The highest BCUT2D eigenvalue weighted by Gasteiger charge is 2.20. The van der Waals surface area contributed by atoms with Crippen LogP contribution in [0.3, 0.4) is 0 Å². The van der Waals surface area contributed by atoms with Crippen LogP contribution in [0.5, 0.6) is 0 Å². The van der Waals surface area contributed by atoms with Gasteiger partial charge in [-0.3, -0.25) is 9.89 Å². The minimum absolute atomic E-state index is 0.669. The minimum atomic E-state index is -1.32. The number of nitrogens with one attached hydrogen (secondary N) is 1. The molecule has 4 heteroatoms. The average molecular weight is 170 g/mol. The van der Waals surface area contributed by atoms with Gasteiger partial charge in [0.1, 0.15) is 0 Å². The van der Waals surface area contributed by atoms with Crippen molar-refractivity contribution in [3.05, 3.63) is 17.0 Å². The van der Waals surface area contributed by atoms with Crippen LogP contribution in [0.15, 0.2) is 0 Å². The fourth-order valence-electron chi connectivity index (χ4n) is 1.31. The minimum Gasteiger partial charge on any atom is -0.282 e. The summed E-state index contributed by atoms with van der Waals surface area (Å²) in [6.07, 6.45) is 0. The second kappa shape index (κ2) is 3.05. The van der Waals surface area contributed by atoms with E-state index in [1.54, 1.807) is 13.8 Å². The maximum atomic E-state index is 12.3. The fraction of sp³-hybridized carbons (Fsp3) is 0.500. The number of aromatic nitrogens is 2. The van der Waals surface area contributed by atoms with Gasteiger partial charge in [0.2, 0.25) is 0 Å². The van der Waals surface area contributed by atoms with E-state index in [1.165, 1.54) is 6.92 Å². The molecule has 0 saturated heterocycles. The van der Waals surface area contributed by atoms with Gasteiger partial charge in [0.05, 0.1) is 11.6 Å². The number of H-pyrrole nitrogens is 1. The molecule has 1 aromatic rings. The zero-order valence-electron chi connectivity index (χ0n) is 7.31. The van der Waals surface area contributed by atoms with Crippen LogP contribution in [0.2, 0.25) is 0 Å². The molecule has 0 fully saturated rings. The molecule has 0 aliphatic heterocycles. The fourth-order valence-corrected chi connectivity index (χ4v) is 1.31. The molecule has 1 atom stereocenters. The highest BCUT2D eigenvalue weighted by molar-refractivity contribution is 5.77. The van der Waals surface area contributed by atoms with Crippen molar-refractivity contribution in [2.45, 2.75) is 26.7 Å². The predicted octanol–water partition coefficient (Wildman–Crippen LogP) is 1.63. The molecule has 0 amide bonds. The lowest BCUT2D eigenvalue weighted by Crippen LogP contribution is -2.04. The zero-order chi connectivity index (χ0) is 9.30. The number of rotatable bonds is 2. The smallest absolute Gasteiger partial charge is 0.282 e. The van der Waals surface area contributed by atoms with Gasteiger partial charge in [-0.1, -0.05) is 0 Å². The average Bonchev–Trinajstić information content (AvgIpc) is 2.30. The Balaban J connectivity index is 3.08. The van der Waals surface area contributed by atoms with Crippen molar-refractivity contribution in [1.29, 1.82) is 0 Å². The lowest BCUT2D eigenvalue weighted by molar-refractivity contribution is -0.130. The molecular formula is C8H11FN2O. The Hall–Kier alpha value is -1.19. The summed E-state index contributed by atoms with van der Waals surface area (Å²) in [5, 5.41) is 6.58. The van der Waals surface area contributed by atoms with E-state index in [2.05, 4.69) is 10.2 Å². The third kappa shape index (κ3) is 1.37. The lowest BCUT2D eigenvalue weighted by Gasteiger charge is -2.04. The zero-order valence-corrected chi connectivity index (χ0v) is 7.31. The topological polar surface area (TPSA) is 45.8 Å². The number of nitrogens with zero attached hydrogens (tertiary/aromatic N) is 1. The molecule has 0 aliphatic carbocycles. The van der Waals surface area contributed by atoms with Crippen LogP contribution in [0.25, 0.3) is 0 Å². The summed E-state index contributed by atoms with van der Waals surface area (Å²) in [5.74, 6) is -0.705. The van der Waals surface area contributed by atoms with Crippen molar-refractivity contribution in [2.75, 3.05) is 0 Å². The molecule has 1 aromatic heterocycles. The molecule has 66 valence electrons. The number of hydrogen-bond donors (Lipinski definition) is 1. The molecule has 1 N–H and O–H groups in total. The van der Waals surface area contributed by atoms with E-state index in [9.17, 15) is 9.18 Å². The molecule has 0 saturated carbocycles. The molecule has 1 unspecified atom stereocenters. The number of halogens is 1. The summed E-state index contributed by atoms with van der Waals surface area (Å²) in [5.41, 5.74) is 2.11. The second-order valence-electron chi connectivity index (χ2n) is 2.87. The van der Waals surface area contributed by atoms with Crippen LogP contribution in [0, 0.1) is 13.8 Å². The Morgan fingerprint density at radius 1 is 1.58 bits per heavy atom. The molecule has 1 rings (SSSR count). The number of aryl methyl sites for hydroxylation is 2. The Morgan fingerprint density at radius 3 is 2.50 bits per heavy atom. The predicted molar refractivity (Wildman–Crippen MR) is 42.6 cm³/mol. The van der Waals surface area contributed by atoms with Gasteiger partial charge in [-0.2, -0.15) is 9.49 Å². The highest BCUT2D eigenvalue weighted by Crippen LogP contribution is 2.22. The first-order chi connectivity index (χ1) is 5.54. The van der Waals surface area contributed by atoms with Crippen molar-refractivity contribution >= 4 is 6.04 Å². The summed E-state index contributed by atoms with van der Waals surface area (Å²) in [6.45, 7) is 5.06. The van der Waals surface area contributed by atoms with Crippen LogP contribution in [-0.4, -0.2) is 16.2 Å². The van der Waals surface area contributed by atoms with Crippen molar-refractivity contribution in [2.24, 2.45) is 0 Å². The first-order valence-electron chi connectivity index (χ1n) is 3.75. The molecule has 0 aromatic carbocycles. The monoisotopic (exact) mass is 170 g/mol. The molecule has 12 heavy (non-hydrogen) atoms. The van der Waals surface area contributed by atoms with Gasteiger partial charge < -0.3 is 0 Å². The maximum Gasteiger partial charge on any atom is 0.308 e. The van der Waals surface area contributed by atoms with Crippen molar-refractivity contribution in [3.63, 3.8) is 0 Å². The third-order valence-electron chi connectivity index (χ3n) is 1.96. The van der Waals surface area contributed by atoms with E-state index in [0.717, 1.165) is 5.69 Å². The van der Waals surface area contributed by atoms with Crippen LogP contribution < -0.4 is 0 Å². The van der Waals surface area contributed by atoms with E-state index < -0.39 is 12.0 Å². The largest absolute Gasteiger partial charge is 0.308 e. The number of carbonyl (C=O) groups excluding carboxylic acids is 1. The number of carbonyl (C=O) groups is 1. The molecule has 0 bridgehead atoms. The summed E-state index contributed by atoms with van der Waals surface area (Å²) in [6, 6.07) is -1.32. The van der Waals surface area contributed by atoms with Gasteiger partial charge in [0.15, 0.2) is 0 Å². The molecule has 0 aliphatic rings. The molecule has 1 heterocycles. The highest BCUT2D eigenvalue weighted by atomic mass is 19.1. The van der Waals surface area contributed by atoms with Gasteiger partial charge in [-0.25, -0.2) is 0 Å². The normalized spacial score (nSPS) is 13.0. The Kier molecular flexibility index (Phi) is 2.26. The van der Waals surface area contributed by atoms with Gasteiger partial charge >= 0.3 is 6.04 Å². The summed E-state index contributed by atoms with van der Waals surface area (Å²) in [4.78, 5) is 10.4. The molecule has 0 radical (unpaired) electrons. The quantitative estimate of drug-likeness (QED) is 0.685. The molecule has 0 spiro atoms. The molecular weight excluding hydrogens is 159 g/mol. The summed E-state index contributed by atoms with van der Waals surface area (Å²) in [7, 11) is 0. The second-order valence-corrected chi connectivity index (χ2v) is 2.87. The van der Waals surface area contributed by atoms with Gasteiger partial charge in [-0.15, -0.1) is 0 Å². The van der Waals surface area contributed by atoms with Gasteiger partial charge in [-0.05, 0) is 20.8 Å². The number of aromatic amines is 1. The van der Waals surface area contributed by atoms with E-state index >= 15 is 0 Å². The summed E-state index contributed by atoms with van der Waals surface area (Å²) >= 11 is 0. The van der Waals surface area contributed by atoms with Gasteiger partial charge in [0, 0.05) is 11.3 Å². The lowest BCUT2D eigenvalue weighted by atomic mass is 10.0. The van der Waals surface area contributed by atoms with E-state index in [0.29, 0.717) is 11.3 Å². The SMILES string of the molecule is Cc1n[nH]c(C)c1C(C)C(=O)F. The van der Waals surface area contributed by atoms with E-state index in [1.807, 2.05) is 0 Å². The van der Waals surface area contributed by atoms with Crippen LogP contribution in [0.1, 0.15) is 29.8 Å². The first kappa shape index (κ1) is 8.90. The first-order valence-corrected chi connectivity index (χ1v) is 3.75. The van der Waals surface area contributed by atoms with Crippen LogP contribution in [-0.2, 0) is 4.79 Å². The number of hydrogen-bond acceptors (Lipinski definition) is 2. The molecule has 3 nitrogen and oxygen atoms in total. The van der Waals surface area contributed by atoms with E-state index in [4.69, 9.17) is 0 Å². The Bertz CT molecular complexity index is 287. The van der Waals surface area contributed by atoms with Gasteiger partial charge in [0.25, 0.3) is 0 Å². The van der Waals surface area contributed by atoms with Crippen molar-refractivity contribution < 1.29 is 9.18 Å². The summed E-state index contributed by atoms with van der Waals surface area (Å²) < 4.78 is 12.3. The van der Waals surface area contributed by atoms with Crippen LogP contribution >= 0.6 is 0 Å². The Morgan fingerprint density at radius 2 is 2.17 bits per heavy atom. The van der Waals surface area contributed by atoms with Crippen molar-refractivity contribution in [1.82, 2.24) is 10.2 Å². The maximum absolute atomic E-state index is 12.3. The standard InChI is InChI=1S/C8H11FN2O/c1-4(8(9)12)7-5(2)10-11-6(7)3/h4H,1-3H3,(H,10,11). The van der Waals surface area contributed by atoms with Crippen molar-refractivity contribution in [3.8, 4) is 0 Å². The third-order valence-corrected chi connectivity index (χ3v) is 1.96. The Labute approximate surface area is 70.0 Å².